The molecule has 1 heterocycles. The molecule has 0 aliphatic rings. The summed E-state index contributed by atoms with van der Waals surface area (Å²) in [5, 5.41) is 0. The van der Waals surface area contributed by atoms with Crippen LogP contribution in [-0.4, -0.2) is 92.5 Å². The molecule has 17 nitrogen and oxygen atoms in total. The van der Waals surface area contributed by atoms with E-state index >= 15 is 0 Å². The lowest BCUT2D eigenvalue weighted by molar-refractivity contribution is -0.282. The number of carbonyl (C=O) groups is 2. The van der Waals surface area contributed by atoms with Crippen molar-refractivity contribution in [3.63, 3.8) is 0 Å². The van der Waals surface area contributed by atoms with Crippen molar-refractivity contribution in [1.29, 1.82) is 0 Å². The van der Waals surface area contributed by atoms with Gasteiger partial charge in [0, 0.05) is 19.8 Å². The van der Waals surface area contributed by atoms with E-state index in [1.54, 1.807) is 27.1 Å². The number of aliphatic imine (C=N–C) groups is 1. The van der Waals surface area contributed by atoms with Gasteiger partial charge in [0.15, 0.2) is 6.40 Å². The number of nitrogens with two attached hydrogens (primary N) is 2. The predicted octanol–water partition coefficient (Wildman–Crippen LogP) is 3.49. The monoisotopic (exact) mass is 705 g/mol. The molecule has 17 heteroatoms. The van der Waals surface area contributed by atoms with Crippen molar-refractivity contribution in [2.75, 3.05) is 45.4 Å². The summed E-state index contributed by atoms with van der Waals surface area (Å²) >= 11 is 0. The van der Waals surface area contributed by atoms with Crippen LogP contribution < -0.4 is 11.5 Å². The van der Waals surface area contributed by atoms with E-state index in [1.165, 1.54) is 5.56 Å². The van der Waals surface area contributed by atoms with Crippen LogP contribution in [0, 0.1) is 13.1 Å². The Morgan fingerprint density at radius 3 is 1.80 bits per heavy atom. The molecule has 2 aromatic rings. The number of anilines is 1. The zero-order valence-corrected chi connectivity index (χ0v) is 29.9. The molecule has 0 saturated carbocycles. The highest BCUT2D eigenvalue weighted by molar-refractivity contribution is 5.78. The molecule has 1 aromatic heterocycles. The molecule has 0 bridgehead atoms. The smallest absolute Gasteiger partial charge is 0.415 e. The quantitative estimate of drug-likeness (QED) is 0.0842. The lowest BCUT2D eigenvalue weighted by Gasteiger charge is -2.15. The van der Waals surface area contributed by atoms with Crippen molar-refractivity contribution in [3.8, 4) is 0 Å². The number of carbonyl (C=O) groups excluding carboxylic acids is 4. The van der Waals surface area contributed by atoms with Gasteiger partial charge in [0.1, 0.15) is 5.82 Å². The van der Waals surface area contributed by atoms with Gasteiger partial charge in [-0.1, -0.05) is 37.3 Å². The minimum absolute atomic E-state index is 0.245. The summed E-state index contributed by atoms with van der Waals surface area (Å²) in [5.41, 5.74) is 13.2. The Labute approximate surface area is 294 Å². The van der Waals surface area contributed by atoms with Gasteiger partial charge in [-0.3, -0.25) is 15.4 Å². The number of imidazole rings is 1. The van der Waals surface area contributed by atoms with E-state index in [0.29, 0.717) is 26.4 Å². The van der Waals surface area contributed by atoms with Gasteiger partial charge >= 0.3 is 30.4 Å². The molecule has 2 rings (SSSR count). The predicted molar refractivity (Wildman–Crippen MR) is 184 cm³/mol. The van der Waals surface area contributed by atoms with Crippen LogP contribution in [0.15, 0.2) is 41.7 Å². The van der Waals surface area contributed by atoms with Crippen LogP contribution >= 0.6 is 0 Å². The normalized spacial score (nSPS) is 10.7. The third kappa shape index (κ3) is 25.9. The molecule has 2 unspecified atom stereocenters. The number of rotatable bonds is 16. The Kier molecular flexibility index (Phi) is 34.6. The summed E-state index contributed by atoms with van der Waals surface area (Å²) in [6, 6.07) is 10.3. The van der Waals surface area contributed by atoms with Gasteiger partial charge in [-0.25, -0.2) is 27.7 Å². The van der Waals surface area contributed by atoms with Gasteiger partial charge < -0.3 is 38.7 Å². The van der Waals surface area contributed by atoms with Crippen molar-refractivity contribution in [2.45, 2.75) is 80.2 Å². The molecular weight excluding hydrogens is 654 g/mol. The van der Waals surface area contributed by atoms with Crippen molar-refractivity contribution < 1.29 is 47.6 Å². The SMILES string of the molecule is CCOC(OCC)OCC.CCc1ncn(Cc2ccccc2)c1N.O=C=O.[C-]#[N+]C(N)C(=O)OCC.[C-]#[N+]C(N=COCC)C(=O)OCC. The maximum absolute atomic E-state index is 11.0. The molecule has 0 aliphatic heterocycles. The number of nitrogen functional groups attached to an aromatic ring is 1. The third-order valence-corrected chi connectivity index (χ3v) is 5.13. The fourth-order valence-corrected chi connectivity index (χ4v) is 2.98. The maximum atomic E-state index is 11.0. The van der Waals surface area contributed by atoms with Gasteiger partial charge in [-0.2, -0.15) is 14.6 Å². The number of hydrogen-bond acceptors (Lipinski definition) is 14. The number of aryl methyl sites for hydroxylation is 1. The first kappa shape index (κ1) is 49.2. The molecule has 0 fully saturated rings. The number of esters is 2. The number of hydrogen-bond donors (Lipinski definition) is 2. The van der Waals surface area contributed by atoms with E-state index in [9.17, 15) is 9.59 Å². The highest BCUT2D eigenvalue weighted by Gasteiger charge is 2.22. The Bertz CT molecular complexity index is 1270. The Hall–Kier alpha value is -5.16. The molecule has 50 heavy (non-hydrogen) atoms. The average Bonchev–Trinajstić information content (AvgIpc) is 3.46. The highest BCUT2D eigenvalue weighted by atomic mass is 16.8. The lowest BCUT2D eigenvalue weighted by Crippen LogP contribution is -2.28. The Morgan fingerprint density at radius 1 is 0.880 bits per heavy atom. The van der Waals surface area contributed by atoms with Crippen LogP contribution in [0.4, 0.5) is 5.82 Å². The van der Waals surface area contributed by atoms with E-state index < -0.39 is 30.7 Å². The summed E-state index contributed by atoms with van der Waals surface area (Å²) in [5.74, 6) is -0.526. The Morgan fingerprint density at radius 2 is 1.40 bits per heavy atom. The van der Waals surface area contributed by atoms with E-state index in [-0.39, 0.29) is 19.4 Å². The topological polar surface area (TPSA) is 215 Å². The summed E-state index contributed by atoms with van der Waals surface area (Å²) in [4.78, 5) is 51.2. The van der Waals surface area contributed by atoms with Crippen molar-refractivity contribution >= 4 is 30.3 Å². The van der Waals surface area contributed by atoms with Gasteiger partial charge in [0.25, 0.3) is 6.48 Å². The van der Waals surface area contributed by atoms with E-state index in [1.807, 2.05) is 43.5 Å². The van der Waals surface area contributed by atoms with Crippen molar-refractivity contribution in [3.05, 3.63) is 70.8 Å². The lowest BCUT2D eigenvalue weighted by atomic mass is 10.2. The van der Waals surface area contributed by atoms with Crippen LogP contribution in [-0.2, 0) is 60.6 Å². The molecule has 0 spiro atoms. The number of benzene rings is 1. The van der Waals surface area contributed by atoms with E-state index in [0.717, 1.165) is 30.9 Å². The van der Waals surface area contributed by atoms with Crippen LogP contribution in [0.3, 0.4) is 0 Å². The first-order valence-corrected chi connectivity index (χ1v) is 15.7. The second kappa shape index (κ2) is 35.2. The molecule has 2 atom stereocenters. The second-order valence-corrected chi connectivity index (χ2v) is 8.57. The van der Waals surface area contributed by atoms with Gasteiger partial charge in [-0.05, 0) is 53.5 Å². The summed E-state index contributed by atoms with van der Waals surface area (Å²) in [7, 11) is 0. The van der Waals surface area contributed by atoms with Crippen LogP contribution in [0.5, 0.6) is 0 Å². The van der Waals surface area contributed by atoms with E-state index in [4.69, 9.17) is 53.1 Å². The Balaban J connectivity index is -0.000000585. The molecule has 0 radical (unpaired) electrons. The number of aromatic nitrogens is 2. The largest absolute Gasteiger partial charge is 0.483 e. The molecule has 0 saturated heterocycles. The van der Waals surface area contributed by atoms with E-state index in [2.05, 4.69) is 48.2 Å². The molecule has 278 valence electrons. The number of ether oxygens (including phenoxy) is 6. The third-order valence-electron chi connectivity index (χ3n) is 5.13. The van der Waals surface area contributed by atoms with Gasteiger partial charge in [0.05, 0.1) is 38.4 Å². The fraction of sp³-hybridized carbons (Fsp3) is 0.545. The maximum Gasteiger partial charge on any atom is 0.415 e. The molecule has 0 aliphatic carbocycles. The molecular formula is C33H51N7O10. The van der Waals surface area contributed by atoms with Gasteiger partial charge in [-0.15, -0.1) is 0 Å². The molecule has 4 N–H and O–H groups in total. The molecule has 1 aromatic carbocycles. The van der Waals surface area contributed by atoms with Crippen molar-refractivity contribution in [2.24, 2.45) is 10.7 Å². The summed E-state index contributed by atoms with van der Waals surface area (Å²) < 4.78 is 31.0. The minimum atomic E-state index is -1.15. The first-order valence-electron chi connectivity index (χ1n) is 15.7. The van der Waals surface area contributed by atoms with Crippen molar-refractivity contribution in [1.82, 2.24) is 9.55 Å². The standard InChI is InChI=1S/C12H15N3.C8H12N2O3.C7H16O3.C5H8N2O2.CO2/c1-2-11-12(13)15(9-14-11)8-10-6-4-3-5-7-10;1-4-12-6-10-7(9-3)8(11)13-5-2;1-4-8-7(9-5-2)10-6-3;1-3-9-5(8)4(6)7-2;2-1-3/h3-7,9H,2,8,13H2,1H3;6-7H,4-5H2,1-2H3;7H,4-6H2,1-3H3;4H,3,6H2,1H3;. The summed E-state index contributed by atoms with van der Waals surface area (Å²) in [6.45, 7) is 29.0. The average molecular weight is 706 g/mol. The zero-order chi connectivity index (χ0) is 38.6. The highest BCUT2D eigenvalue weighted by Crippen LogP contribution is 2.12. The number of nitrogens with zero attached hydrogens (tertiary/aromatic N) is 5. The van der Waals surface area contributed by atoms with Crippen LogP contribution in [0.2, 0.25) is 0 Å². The van der Waals surface area contributed by atoms with Crippen LogP contribution in [0.1, 0.15) is 59.7 Å². The zero-order valence-electron chi connectivity index (χ0n) is 29.9. The minimum Gasteiger partial charge on any atom is -0.483 e. The summed E-state index contributed by atoms with van der Waals surface area (Å²) in [6.07, 6.45) is 1.76. The van der Waals surface area contributed by atoms with Crippen LogP contribution in [0.25, 0.3) is 9.69 Å². The second-order valence-electron chi connectivity index (χ2n) is 8.57. The fourth-order valence-electron chi connectivity index (χ4n) is 2.98. The van der Waals surface area contributed by atoms with Gasteiger partial charge in [0.2, 0.25) is 0 Å². The first-order chi connectivity index (χ1) is 24.0. The molecule has 0 amide bonds.